The molecule has 0 unspecified atom stereocenters. The summed E-state index contributed by atoms with van der Waals surface area (Å²) in [5.41, 5.74) is 1.03. The van der Waals surface area contributed by atoms with Gasteiger partial charge in [0.15, 0.2) is 5.69 Å². The SMILES string of the molecule is NS(=O)(=O)c1ccc(-n2nnc(C(=O)O)c2C2CC2)cc1. The molecule has 110 valence electrons. The van der Waals surface area contributed by atoms with Crippen molar-refractivity contribution in [2.75, 3.05) is 0 Å². The van der Waals surface area contributed by atoms with Gasteiger partial charge in [-0.05, 0) is 37.1 Å². The van der Waals surface area contributed by atoms with Gasteiger partial charge in [-0.3, -0.25) is 0 Å². The van der Waals surface area contributed by atoms with Gasteiger partial charge in [0.25, 0.3) is 0 Å². The molecule has 0 bridgehead atoms. The summed E-state index contributed by atoms with van der Waals surface area (Å²) in [6.45, 7) is 0. The lowest BCUT2D eigenvalue weighted by Gasteiger charge is -2.06. The second-order valence-electron chi connectivity index (χ2n) is 4.85. The van der Waals surface area contributed by atoms with Crippen molar-refractivity contribution in [1.29, 1.82) is 0 Å². The first-order chi connectivity index (χ1) is 9.88. The van der Waals surface area contributed by atoms with Gasteiger partial charge in [0, 0.05) is 5.92 Å². The number of carboxylic acids is 1. The number of rotatable bonds is 4. The molecule has 1 aliphatic rings. The van der Waals surface area contributed by atoms with Crippen molar-refractivity contribution in [2.45, 2.75) is 23.7 Å². The fourth-order valence-corrected chi connectivity index (χ4v) is 2.65. The number of hydrogen-bond acceptors (Lipinski definition) is 5. The molecule has 1 aromatic heterocycles. The Bertz CT molecular complexity index is 806. The van der Waals surface area contributed by atoms with Gasteiger partial charge in [-0.15, -0.1) is 5.10 Å². The molecule has 2 aromatic rings. The number of aromatic nitrogens is 3. The molecule has 0 radical (unpaired) electrons. The fraction of sp³-hybridized carbons (Fsp3) is 0.250. The van der Waals surface area contributed by atoms with E-state index >= 15 is 0 Å². The van der Waals surface area contributed by atoms with Crippen molar-refractivity contribution in [1.82, 2.24) is 15.0 Å². The number of hydrogen-bond donors (Lipinski definition) is 2. The highest BCUT2D eigenvalue weighted by atomic mass is 32.2. The van der Waals surface area contributed by atoms with Gasteiger partial charge < -0.3 is 5.11 Å². The molecule has 21 heavy (non-hydrogen) atoms. The van der Waals surface area contributed by atoms with Crippen molar-refractivity contribution in [3.63, 3.8) is 0 Å². The van der Waals surface area contributed by atoms with E-state index in [9.17, 15) is 13.2 Å². The second kappa shape index (κ2) is 4.64. The van der Waals surface area contributed by atoms with Crippen LogP contribution in [0, 0.1) is 0 Å². The third-order valence-corrected chi connectivity index (χ3v) is 4.21. The van der Waals surface area contributed by atoms with Gasteiger partial charge in [0.1, 0.15) is 0 Å². The first-order valence-electron chi connectivity index (χ1n) is 6.20. The van der Waals surface area contributed by atoms with E-state index in [2.05, 4.69) is 10.3 Å². The summed E-state index contributed by atoms with van der Waals surface area (Å²) in [6.07, 6.45) is 1.78. The highest BCUT2D eigenvalue weighted by Crippen LogP contribution is 2.41. The maximum Gasteiger partial charge on any atom is 0.358 e. The number of primary sulfonamides is 1. The van der Waals surface area contributed by atoms with Crippen LogP contribution in [0.4, 0.5) is 0 Å². The van der Waals surface area contributed by atoms with Crippen LogP contribution in [0.2, 0.25) is 0 Å². The largest absolute Gasteiger partial charge is 0.476 e. The van der Waals surface area contributed by atoms with Crippen molar-refractivity contribution < 1.29 is 18.3 Å². The molecule has 1 heterocycles. The number of carbonyl (C=O) groups is 1. The Kier molecular flexibility index (Phi) is 3.03. The maximum atomic E-state index is 11.2. The number of nitrogens with two attached hydrogens (primary N) is 1. The Morgan fingerprint density at radius 2 is 1.90 bits per heavy atom. The normalized spacial score (nSPS) is 15.1. The zero-order chi connectivity index (χ0) is 15.2. The molecule has 0 spiro atoms. The average molecular weight is 308 g/mol. The van der Waals surface area contributed by atoms with Gasteiger partial charge in [-0.1, -0.05) is 5.21 Å². The molecule has 3 N–H and O–H groups in total. The van der Waals surface area contributed by atoms with Crippen LogP contribution >= 0.6 is 0 Å². The number of aromatic carboxylic acids is 1. The smallest absolute Gasteiger partial charge is 0.358 e. The predicted molar refractivity (Wildman–Crippen MR) is 71.7 cm³/mol. The molecule has 0 amide bonds. The summed E-state index contributed by atoms with van der Waals surface area (Å²) in [5, 5.41) is 21.7. The molecule has 9 heteroatoms. The lowest BCUT2D eigenvalue weighted by atomic mass is 10.2. The average Bonchev–Trinajstić information content (AvgIpc) is 3.16. The minimum atomic E-state index is -3.76. The molecule has 0 atom stereocenters. The van der Waals surface area contributed by atoms with Gasteiger partial charge in [-0.2, -0.15) is 0 Å². The molecule has 3 rings (SSSR count). The third kappa shape index (κ3) is 2.52. The minimum Gasteiger partial charge on any atom is -0.476 e. The summed E-state index contributed by atoms with van der Waals surface area (Å²) in [4.78, 5) is 11.2. The second-order valence-corrected chi connectivity index (χ2v) is 6.41. The van der Waals surface area contributed by atoms with Crippen LogP contribution in [0.5, 0.6) is 0 Å². The molecule has 1 aromatic carbocycles. The van der Waals surface area contributed by atoms with Crippen LogP contribution in [-0.2, 0) is 10.0 Å². The van der Waals surface area contributed by atoms with Crippen LogP contribution in [-0.4, -0.2) is 34.5 Å². The molecule has 0 saturated heterocycles. The Morgan fingerprint density at radius 1 is 1.29 bits per heavy atom. The lowest BCUT2D eigenvalue weighted by Crippen LogP contribution is -2.12. The van der Waals surface area contributed by atoms with Gasteiger partial charge in [-0.25, -0.2) is 23.0 Å². The van der Waals surface area contributed by atoms with E-state index in [1.165, 1.54) is 28.9 Å². The highest BCUT2D eigenvalue weighted by molar-refractivity contribution is 7.89. The molecular weight excluding hydrogens is 296 g/mol. The highest BCUT2D eigenvalue weighted by Gasteiger charge is 2.34. The van der Waals surface area contributed by atoms with Crippen LogP contribution in [0.15, 0.2) is 29.2 Å². The molecular formula is C12H12N4O4S. The van der Waals surface area contributed by atoms with Crippen LogP contribution in [0.3, 0.4) is 0 Å². The van der Waals surface area contributed by atoms with Crippen molar-refractivity contribution in [3.8, 4) is 5.69 Å². The van der Waals surface area contributed by atoms with Crippen LogP contribution < -0.4 is 5.14 Å². The lowest BCUT2D eigenvalue weighted by molar-refractivity contribution is 0.0689. The van der Waals surface area contributed by atoms with Crippen molar-refractivity contribution in [3.05, 3.63) is 35.7 Å². The maximum absolute atomic E-state index is 11.2. The topological polar surface area (TPSA) is 128 Å². The first-order valence-corrected chi connectivity index (χ1v) is 7.74. The number of benzene rings is 1. The van der Waals surface area contributed by atoms with E-state index in [1.807, 2.05) is 0 Å². The molecule has 1 aliphatic carbocycles. The van der Waals surface area contributed by atoms with E-state index in [0.29, 0.717) is 11.4 Å². The van der Waals surface area contributed by atoms with Crippen molar-refractivity contribution >= 4 is 16.0 Å². The van der Waals surface area contributed by atoms with E-state index < -0.39 is 16.0 Å². The van der Waals surface area contributed by atoms with Gasteiger partial charge >= 0.3 is 5.97 Å². The zero-order valence-corrected chi connectivity index (χ0v) is 11.6. The predicted octanol–water partition coefficient (Wildman–Crippen LogP) is 0.490. The fourth-order valence-electron chi connectivity index (χ4n) is 2.13. The Labute approximate surface area is 120 Å². The summed E-state index contributed by atoms with van der Waals surface area (Å²) >= 11 is 0. The summed E-state index contributed by atoms with van der Waals surface area (Å²) in [5.74, 6) is -0.992. The third-order valence-electron chi connectivity index (χ3n) is 3.28. The number of nitrogens with zero attached hydrogens (tertiary/aromatic N) is 3. The molecule has 0 aliphatic heterocycles. The monoisotopic (exact) mass is 308 g/mol. The molecule has 1 fully saturated rings. The molecule has 8 nitrogen and oxygen atoms in total. The Morgan fingerprint density at radius 3 is 2.38 bits per heavy atom. The van der Waals surface area contributed by atoms with Gasteiger partial charge in [0.05, 0.1) is 16.3 Å². The molecule has 1 saturated carbocycles. The van der Waals surface area contributed by atoms with E-state index in [1.54, 1.807) is 0 Å². The van der Waals surface area contributed by atoms with E-state index in [0.717, 1.165) is 12.8 Å². The minimum absolute atomic E-state index is 0.0159. The Hall–Kier alpha value is -2.26. The quantitative estimate of drug-likeness (QED) is 0.846. The Balaban J connectivity index is 2.07. The summed E-state index contributed by atoms with van der Waals surface area (Å²) in [7, 11) is -3.76. The number of carboxylic acid groups (broad SMARTS) is 1. The first kappa shape index (κ1) is 13.7. The van der Waals surface area contributed by atoms with E-state index in [4.69, 9.17) is 10.2 Å². The summed E-state index contributed by atoms with van der Waals surface area (Å²) in [6, 6.07) is 5.74. The van der Waals surface area contributed by atoms with Crippen molar-refractivity contribution in [2.24, 2.45) is 5.14 Å². The van der Waals surface area contributed by atoms with E-state index in [-0.39, 0.29) is 16.5 Å². The standard InChI is InChI=1S/C12H12N4O4S/c13-21(19,20)9-5-3-8(4-6-9)16-11(7-1-2-7)10(12(17)18)14-15-16/h3-7H,1-2H2,(H,17,18)(H2,13,19,20). The van der Waals surface area contributed by atoms with Gasteiger partial charge in [0.2, 0.25) is 10.0 Å². The van der Waals surface area contributed by atoms with Crippen LogP contribution in [0.25, 0.3) is 5.69 Å². The van der Waals surface area contributed by atoms with Crippen LogP contribution in [0.1, 0.15) is 34.9 Å². The zero-order valence-electron chi connectivity index (χ0n) is 10.8. The summed E-state index contributed by atoms with van der Waals surface area (Å²) < 4.78 is 23.9. The number of sulfonamides is 1.